The summed E-state index contributed by atoms with van der Waals surface area (Å²) in [7, 11) is 0. The van der Waals surface area contributed by atoms with Crippen molar-refractivity contribution < 1.29 is 14.3 Å². The van der Waals surface area contributed by atoms with Crippen LogP contribution in [0.25, 0.3) is 0 Å². The quantitative estimate of drug-likeness (QED) is 0.888. The van der Waals surface area contributed by atoms with Crippen LogP contribution in [0.15, 0.2) is 24.3 Å². The van der Waals surface area contributed by atoms with Crippen molar-refractivity contribution in [3.8, 4) is 0 Å². The highest BCUT2D eigenvalue weighted by Gasteiger charge is 2.41. The molecule has 1 aliphatic rings. The van der Waals surface area contributed by atoms with Gasteiger partial charge in [0.15, 0.2) is 0 Å². The highest BCUT2D eigenvalue weighted by Crippen LogP contribution is 2.39. The van der Waals surface area contributed by atoms with Crippen molar-refractivity contribution in [3.05, 3.63) is 35.4 Å². The monoisotopic (exact) mass is 250 g/mol. The molecule has 0 spiro atoms. The third-order valence-electron chi connectivity index (χ3n) is 4.01. The molecule has 18 heavy (non-hydrogen) atoms. The fourth-order valence-corrected chi connectivity index (χ4v) is 2.88. The zero-order chi connectivity index (χ0) is 13.0. The second-order valence-corrected chi connectivity index (χ2v) is 5.08. The Morgan fingerprint density at radius 1 is 1.17 bits per heavy atom. The smallest absolute Gasteiger partial charge is 0.314 e. The molecule has 0 heterocycles. The molecule has 1 saturated carbocycles. The van der Waals surface area contributed by atoms with Crippen molar-refractivity contribution in [1.29, 1.82) is 0 Å². The summed E-state index contributed by atoms with van der Waals surface area (Å²) in [5.41, 5.74) is 1.09. The lowest BCUT2D eigenvalue weighted by Gasteiger charge is -2.33. The van der Waals surface area contributed by atoms with E-state index in [1.165, 1.54) is 0 Å². The first kappa shape index (κ1) is 13.1. The Hall–Kier alpha value is -1.38. The normalized spacial score (nSPS) is 18.5. The summed E-state index contributed by atoms with van der Waals surface area (Å²) in [6.07, 6.45) is 4.89. The zero-order valence-corrected chi connectivity index (χ0v) is 10.5. The van der Waals surface area contributed by atoms with Crippen LogP contribution in [-0.2, 0) is 16.6 Å². The highest BCUT2D eigenvalue weighted by atomic mass is 19.1. The van der Waals surface area contributed by atoms with Gasteiger partial charge in [0.2, 0.25) is 0 Å². The molecule has 0 amide bonds. The molecule has 0 unspecified atom stereocenters. The molecule has 1 N–H and O–H groups in total. The molecule has 0 atom stereocenters. The number of rotatable bonds is 4. The predicted molar refractivity (Wildman–Crippen MR) is 68.5 cm³/mol. The highest BCUT2D eigenvalue weighted by molar-refractivity contribution is 5.81. The number of carbonyl (C=O) groups is 1. The third kappa shape index (κ3) is 2.40. The minimum absolute atomic E-state index is 0.372. The maximum atomic E-state index is 12.2. The number of benzene rings is 1. The summed E-state index contributed by atoms with van der Waals surface area (Å²) >= 11 is 0. The fraction of sp³-hybridized carbons (Fsp3) is 0.533. The lowest BCUT2D eigenvalue weighted by molar-refractivity contribution is -0.145. The number of halogens is 1. The van der Waals surface area contributed by atoms with E-state index in [0.717, 1.165) is 30.4 Å². The summed E-state index contributed by atoms with van der Waals surface area (Å²) < 4.78 is 12.2. The predicted octanol–water partition coefficient (Wildman–Crippen LogP) is 3.49. The van der Waals surface area contributed by atoms with Gasteiger partial charge in [0.05, 0.1) is 12.1 Å². The van der Waals surface area contributed by atoms with Gasteiger partial charge in [-0.3, -0.25) is 9.18 Å². The van der Waals surface area contributed by atoms with Gasteiger partial charge in [0.1, 0.15) is 0 Å². The molecule has 1 fully saturated rings. The number of aryl methyl sites for hydroxylation is 1. The molecule has 1 aliphatic carbocycles. The van der Waals surface area contributed by atoms with Gasteiger partial charge >= 0.3 is 5.97 Å². The van der Waals surface area contributed by atoms with E-state index < -0.39 is 11.4 Å². The van der Waals surface area contributed by atoms with Gasteiger partial charge in [0.25, 0.3) is 0 Å². The topological polar surface area (TPSA) is 37.3 Å². The molecule has 0 bridgehead atoms. The molecule has 0 radical (unpaired) electrons. The molecule has 0 aromatic heterocycles. The molecule has 2 rings (SSSR count). The van der Waals surface area contributed by atoms with Crippen LogP contribution < -0.4 is 0 Å². The standard InChI is InChI=1S/C15H19FO2/c16-11-8-12-4-6-13(7-5-12)15(14(17)18)9-2-1-3-10-15/h4-7H,1-3,8-11H2,(H,17,18). The minimum Gasteiger partial charge on any atom is -0.481 e. The molecule has 98 valence electrons. The van der Waals surface area contributed by atoms with Crippen LogP contribution in [0.5, 0.6) is 0 Å². The average molecular weight is 250 g/mol. The third-order valence-corrected chi connectivity index (χ3v) is 4.01. The summed E-state index contributed by atoms with van der Waals surface area (Å²) in [4.78, 5) is 11.6. The van der Waals surface area contributed by atoms with E-state index in [1.54, 1.807) is 0 Å². The van der Waals surface area contributed by atoms with Gasteiger partial charge < -0.3 is 5.11 Å². The van der Waals surface area contributed by atoms with Crippen LogP contribution in [0.2, 0.25) is 0 Å². The number of carboxylic acid groups (broad SMARTS) is 1. The van der Waals surface area contributed by atoms with E-state index in [2.05, 4.69) is 0 Å². The largest absolute Gasteiger partial charge is 0.481 e. The van der Waals surface area contributed by atoms with Crippen molar-refractivity contribution in [2.24, 2.45) is 0 Å². The van der Waals surface area contributed by atoms with E-state index in [9.17, 15) is 14.3 Å². The van der Waals surface area contributed by atoms with Crippen molar-refractivity contribution in [3.63, 3.8) is 0 Å². The lowest BCUT2D eigenvalue weighted by atomic mass is 9.69. The van der Waals surface area contributed by atoms with E-state index in [0.29, 0.717) is 19.3 Å². The Kier molecular flexibility index (Phi) is 4.00. The average Bonchev–Trinajstić information content (AvgIpc) is 2.40. The first-order valence-corrected chi connectivity index (χ1v) is 6.58. The molecule has 2 nitrogen and oxygen atoms in total. The summed E-state index contributed by atoms with van der Waals surface area (Å²) in [5.74, 6) is -0.722. The number of hydrogen-bond donors (Lipinski definition) is 1. The van der Waals surface area contributed by atoms with Crippen LogP contribution in [0.3, 0.4) is 0 Å². The number of hydrogen-bond acceptors (Lipinski definition) is 1. The van der Waals surface area contributed by atoms with E-state index >= 15 is 0 Å². The maximum absolute atomic E-state index is 12.2. The van der Waals surface area contributed by atoms with Crippen LogP contribution in [0.4, 0.5) is 4.39 Å². The first-order chi connectivity index (χ1) is 8.69. The first-order valence-electron chi connectivity index (χ1n) is 6.58. The Balaban J connectivity index is 2.28. The SMILES string of the molecule is O=C(O)C1(c2ccc(CCF)cc2)CCCCC1. The van der Waals surface area contributed by atoms with Gasteiger partial charge in [-0.05, 0) is 24.0 Å². The molecule has 3 heteroatoms. The van der Waals surface area contributed by atoms with Crippen molar-refractivity contribution in [1.82, 2.24) is 0 Å². The molecule has 1 aromatic rings. The van der Waals surface area contributed by atoms with Crippen molar-refractivity contribution in [2.45, 2.75) is 43.9 Å². The van der Waals surface area contributed by atoms with Crippen LogP contribution in [-0.4, -0.2) is 17.8 Å². The van der Waals surface area contributed by atoms with Crippen LogP contribution in [0, 0.1) is 0 Å². The molecule has 1 aromatic carbocycles. The van der Waals surface area contributed by atoms with Gasteiger partial charge in [-0.25, -0.2) is 0 Å². The number of alkyl halides is 1. The number of aliphatic carboxylic acids is 1. The Bertz CT molecular complexity index is 405. The van der Waals surface area contributed by atoms with Gasteiger partial charge in [-0.2, -0.15) is 0 Å². The molecule has 0 saturated heterocycles. The Morgan fingerprint density at radius 3 is 2.28 bits per heavy atom. The van der Waals surface area contributed by atoms with E-state index in [4.69, 9.17) is 0 Å². The molecular formula is C15H19FO2. The van der Waals surface area contributed by atoms with Gasteiger partial charge in [-0.1, -0.05) is 43.5 Å². The molecule has 0 aliphatic heterocycles. The second kappa shape index (κ2) is 5.51. The van der Waals surface area contributed by atoms with Gasteiger partial charge in [-0.15, -0.1) is 0 Å². The zero-order valence-electron chi connectivity index (χ0n) is 10.5. The summed E-state index contributed by atoms with van der Waals surface area (Å²) in [5, 5.41) is 9.55. The summed E-state index contributed by atoms with van der Waals surface area (Å²) in [6.45, 7) is -0.372. The van der Waals surface area contributed by atoms with Crippen LogP contribution >= 0.6 is 0 Å². The fourth-order valence-electron chi connectivity index (χ4n) is 2.88. The van der Waals surface area contributed by atoms with E-state index in [1.807, 2.05) is 24.3 Å². The Morgan fingerprint density at radius 2 is 1.78 bits per heavy atom. The lowest BCUT2D eigenvalue weighted by Crippen LogP contribution is -2.37. The Labute approximate surface area is 107 Å². The minimum atomic E-state index is -0.722. The molecular weight excluding hydrogens is 231 g/mol. The van der Waals surface area contributed by atoms with E-state index in [-0.39, 0.29) is 6.67 Å². The maximum Gasteiger partial charge on any atom is 0.314 e. The summed E-state index contributed by atoms with van der Waals surface area (Å²) in [6, 6.07) is 7.44. The number of carboxylic acids is 1. The van der Waals surface area contributed by atoms with Crippen molar-refractivity contribution in [2.75, 3.05) is 6.67 Å². The van der Waals surface area contributed by atoms with Crippen molar-refractivity contribution >= 4 is 5.97 Å². The second-order valence-electron chi connectivity index (χ2n) is 5.08. The van der Waals surface area contributed by atoms with Gasteiger partial charge in [0, 0.05) is 6.42 Å². The van der Waals surface area contributed by atoms with Crippen LogP contribution in [0.1, 0.15) is 43.2 Å².